The minimum Gasteiger partial charge on any atom is -0.293 e. The number of rotatable bonds is 6. The van der Waals surface area contributed by atoms with E-state index >= 15 is 0 Å². The van der Waals surface area contributed by atoms with Crippen LogP contribution in [0.25, 0.3) is 0 Å². The number of hydrogen-bond donors (Lipinski definition) is 1. The van der Waals surface area contributed by atoms with Gasteiger partial charge in [0.05, 0.1) is 12.2 Å². The third-order valence-corrected chi connectivity index (χ3v) is 3.17. The van der Waals surface area contributed by atoms with E-state index in [1.54, 1.807) is 17.2 Å². The molecule has 6 nitrogen and oxygen atoms in total. The number of nitrogens with one attached hydrogen (secondary N) is 1. The highest BCUT2D eigenvalue weighted by Crippen LogP contribution is 2.21. The summed E-state index contributed by atoms with van der Waals surface area (Å²) in [4.78, 5) is 20.2. The van der Waals surface area contributed by atoms with Crippen molar-refractivity contribution < 1.29 is 4.79 Å². The Balaban J connectivity index is 1.80. The van der Waals surface area contributed by atoms with Gasteiger partial charge in [-0.05, 0) is 30.4 Å². The van der Waals surface area contributed by atoms with Crippen LogP contribution in [0.2, 0.25) is 0 Å². The van der Waals surface area contributed by atoms with Crippen molar-refractivity contribution in [2.24, 2.45) is 5.41 Å². The molecule has 2 heterocycles. The predicted molar refractivity (Wildman–Crippen MR) is 85.3 cm³/mol. The first-order valence-corrected chi connectivity index (χ1v) is 7.52. The molecular weight excluding hydrogens is 278 g/mol. The van der Waals surface area contributed by atoms with Gasteiger partial charge in [-0.1, -0.05) is 26.8 Å². The van der Waals surface area contributed by atoms with Crippen molar-refractivity contribution >= 4 is 11.9 Å². The molecule has 0 aliphatic carbocycles. The molecule has 118 valence electrons. The maximum atomic E-state index is 11.9. The summed E-state index contributed by atoms with van der Waals surface area (Å²) < 4.78 is 1.66. The molecule has 0 aromatic carbocycles. The normalized spacial score (nSPS) is 11.4. The lowest BCUT2D eigenvalue weighted by atomic mass is 9.90. The zero-order chi connectivity index (χ0) is 16.0. The molecule has 0 aliphatic heterocycles. The largest absolute Gasteiger partial charge is 0.293 e. The van der Waals surface area contributed by atoms with Crippen molar-refractivity contribution in [3.05, 3.63) is 36.4 Å². The van der Waals surface area contributed by atoms with Gasteiger partial charge in [0.2, 0.25) is 11.9 Å². The van der Waals surface area contributed by atoms with E-state index in [1.807, 2.05) is 18.2 Å². The summed E-state index contributed by atoms with van der Waals surface area (Å²) in [5, 5.41) is 6.97. The summed E-state index contributed by atoms with van der Waals surface area (Å²) >= 11 is 0. The average Bonchev–Trinajstić information content (AvgIpc) is 2.85. The van der Waals surface area contributed by atoms with E-state index in [-0.39, 0.29) is 11.3 Å². The lowest BCUT2D eigenvalue weighted by Gasteiger charge is -2.17. The maximum absolute atomic E-state index is 11.9. The molecule has 2 aromatic rings. The van der Waals surface area contributed by atoms with Gasteiger partial charge >= 0.3 is 0 Å². The lowest BCUT2D eigenvalue weighted by Crippen LogP contribution is -2.14. The van der Waals surface area contributed by atoms with Crippen LogP contribution in [-0.4, -0.2) is 25.7 Å². The Morgan fingerprint density at radius 1 is 1.27 bits per heavy atom. The van der Waals surface area contributed by atoms with E-state index in [0.29, 0.717) is 18.9 Å². The van der Waals surface area contributed by atoms with Gasteiger partial charge in [0.1, 0.15) is 6.33 Å². The molecule has 0 bridgehead atoms. The van der Waals surface area contributed by atoms with Crippen LogP contribution in [0.5, 0.6) is 0 Å². The Bertz CT molecular complexity index is 600. The summed E-state index contributed by atoms with van der Waals surface area (Å²) in [5.41, 5.74) is 1.15. The number of hydrogen-bond acceptors (Lipinski definition) is 4. The molecule has 1 amide bonds. The van der Waals surface area contributed by atoms with Crippen LogP contribution in [0, 0.1) is 5.41 Å². The fourth-order valence-corrected chi connectivity index (χ4v) is 2.05. The Labute approximate surface area is 131 Å². The zero-order valence-electron chi connectivity index (χ0n) is 13.4. The predicted octanol–water partition coefficient (Wildman–Crippen LogP) is 2.88. The molecule has 6 heteroatoms. The first-order valence-electron chi connectivity index (χ1n) is 7.52. The third kappa shape index (κ3) is 5.63. The van der Waals surface area contributed by atoms with E-state index in [0.717, 1.165) is 18.5 Å². The molecule has 0 atom stereocenters. The van der Waals surface area contributed by atoms with Gasteiger partial charge in [-0.15, -0.1) is 5.10 Å². The molecule has 2 aromatic heterocycles. The van der Waals surface area contributed by atoms with Crippen LogP contribution in [-0.2, 0) is 11.3 Å². The highest BCUT2D eigenvalue weighted by molar-refractivity contribution is 5.88. The van der Waals surface area contributed by atoms with E-state index in [1.165, 1.54) is 0 Å². The average molecular weight is 301 g/mol. The van der Waals surface area contributed by atoms with Gasteiger partial charge < -0.3 is 0 Å². The van der Waals surface area contributed by atoms with Gasteiger partial charge in [-0.2, -0.15) is 0 Å². The molecule has 0 unspecified atom stereocenters. The first kappa shape index (κ1) is 16.1. The number of pyridine rings is 1. The van der Waals surface area contributed by atoms with E-state index in [9.17, 15) is 4.79 Å². The molecule has 0 saturated heterocycles. The Kier molecular flexibility index (Phi) is 5.25. The Morgan fingerprint density at radius 3 is 2.77 bits per heavy atom. The van der Waals surface area contributed by atoms with Crippen LogP contribution < -0.4 is 5.32 Å². The van der Waals surface area contributed by atoms with Gasteiger partial charge in [-0.3, -0.25) is 15.1 Å². The minimum atomic E-state index is -0.0418. The highest BCUT2D eigenvalue weighted by Gasteiger charge is 2.12. The topological polar surface area (TPSA) is 72.7 Å². The number of amides is 1. The highest BCUT2D eigenvalue weighted by atomic mass is 16.1. The van der Waals surface area contributed by atoms with Crippen molar-refractivity contribution in [3.63, 3.8) is 0 Å². The molecule has 0 saturated carbocycles. The SMILES string of the molecule is CC(C)(C)CCCC(=O)Nc1ncn(Cc2ccccn2)n1. The van der Waals surface area contributed by atoms with Gasteiger partial charge in [0, 0.05) is 12.6 Å². The molecule has 0 spiro atoms. The Hall–Kier alpha value is -2.24. The fraction of sp³-hybridized carbons (Fsp3) is 0.500. The van der Waals surface area contributed by atoms with Crippen LogP contribution >= 0.6 is 0 Å². The summed E-state index contributed by atoms with van der Waals surface area (Å²) in [5.74, 6) is 0.302. The van der Waals surface area contributed by atoms with Crippen molar-refractivity contribution in [2.75, 3.05) is 5.32 Å². The number of aromatic nitrogens is 4. The first-order chi connectivity index (χ1) is 10.4. The fourth-order valence-electron chi connectivity index (χ4n) is 2.05. The number of carbonyl (C=O) groups is 1. The van der Waals surface area contributed by atoms with Crippen LogP contribution in [0.1, 0.15) is 45.7 Å². The van der Waals surface area contributed by atoms with Crippen molar-refractivity contribution in [2.45, 2.75) is 46.6 Å². The van der Waals surface area contributed by atoms with Crippen LogP contribution in [0.15, 0.2) is 30.7 Å². The molecule has 2 rings (SSSR count). The van der Waals surface area contributed by atoms with Crippen molar-refractivity contribution in [1.82, 2.24) is 19.7 Å². The summed E-state index contributed by atoms with van der Waals surface area (Å²) in [6.45, 7) is 7.05. The number of nitrogens with zero attached hydrogens (tertiary/aromatic N) is 4. The monoisotopic (exact) mass is 301 g/mol. The van der Waals surface area contributed by atoms with Gasteiger partial charge in [-0.25, -0.2) is 9.67 Å². The van der Waals surface area contributed by atoms with E-state index < -0.39 is 0 Å². The van der Waals surface area contributed by atoms with Crippen molar-refractivity contribution in [1.29, 1.82) is 0 Å². The second-order valence-corrected chi connectivity index (χ2v) is 6.55. The van der Waals surface area contributed by atoms with Crippen LogP contribution in [0.3, 0.4) is 0 Å². The van der Waals surface area contributed by atoms with E-state index in [4.69, 9.17) is 0 Å². The zero-order valence-corrected chi connectivity index (χ0v) is 13.4. The summed E-state index contributed by atoms with van der Waals surface area (Å²) in [6, 6.07) is 5.72. The van der Waals surface area contributed by atoms with E-state index in [2.05, 4.69) is 41.2 Å². The molecule has 0 radical (unpaired) electrons. The number of carbonyl (C=O) groups excluding carboxylic acids is 1. The smallest absolute Gasteiger partial charge is 0.248 e. The molecule has 22 heavy (non-hydrogen) atoms. The maximum Gasteiger partial charge on any atom is 0.248 e. The van der Waals surface area contributed by atoms with Gasteiger partial charge in [0.15, 0.2) is 0 Å². The summed E-state index contributed by atoms with van der Waals surface area (Å²) in [6.07, 6.45) is 5.71. The lowest BCUT2D eigenvalue weighted by molar-refractivity contribution is -0.116. The Morgan fingerprint density at radius 2 is 2.09 bits per heavy atom. The quantitative estimate of drug-likeness (QED) is 0.890. The molecule has 1 N–H and O–H groups in total. The standard InChI is InChI=1S/C16H23N5O/c1-16(2,3)9-6-8-14(22)19-15-18-12-21(20-15)11-13-7-4-5-10-17-13/h4-5,7,10,12H,6,8-9,11H2,1-3H3,(H,19,20,22). The number of anilines is 1. The molecule has 0 aliphatic rings. The van der Waals surface area contributed by atoms with Gasteiger partial charge in [0.25, 0.3) is 0 Å². The van der Waals surface area contributed by atoms with Crippen LogP contribution in [0.4, 0.5) is 5.95 Å². The second kappa shape index (κ2) is 7.15. The molecule has 0 fully saturated rings. The molecular formula is C16H23N5O. The van der Waals surface area contributed by atoms with Crippen molar-refractivity contribution in [3.8, 4) is 0 Å². The summed E-state index contributed by atoms with van der Waals surface area (Å²) in [7, 11) is 0. The third-order valence-electron chi connectivity index (χ3n) is 3.17. The minimum absolute atomic E-state index is 0.0418. The second-order valence-electron chi connectivity index (χ2n) is 6.55.